The van der Waals surface area contributed by atoms with Gasteiger partial charge in [0.15, 0.2) is 0 Å². The van der Waals surface area contributed by atoms with Crippen LogP contribution >= 0.6 is 11.3 Å². The first-order valence-electron chi connectivity index (χ1n) is 4.79. The fraction of sp³-hybridized carbons (Fsp3) is 0.636. The van der Waals surface area contributed by atoms with E-state index in [4.69, 9.17) is 5.73 Å². The molecule has 1 atom stereocenters. The highest BCUT2D eigenvalue weighted by atomic mass is 32.1. The quantitative estimate of drug-likeness (QED) is 0.791. The lowest BCUT2D eigenvalue weighted by molar-refractivity contribution is 0.311. The van der Waals surface area contributed by atoms with Gasteiger partial charge in [0.1, 0.15) is 0 Å². The number of hydrogen-bond donors (Lipinski definition) is 1. The summed E-state index contributed by atoms with van der Waals surface area (Å²) >= 11 is 1.84. The lowest BCUT2D eigenvalue weighted by Crippen LogP contribution is -2.20. The number of thiophene rings is 1. The Morgan fingerprint density at radius 3 is 2.54 bits per heavy atom. The van der Waals surface area contributed by atoms with Crippen molar-refractivity contribution in [2.24, 2.45) is 11.1 Å². The van der Waals surface area contributed by atoms with Crippen LogP contribution in [0.2, 0.25) is 0 Å². The van der Waals surface area contributed by atoms with Crippen LogP contribution in [0, 0.1) is 5.41 Å². The molecular weight excluding hydrogens is 178 g/mol. The normalized spacial score (nSPS) is 14.5. The molecule has 74 valence electrons. The summed E-state index contributed by atoms with van der Waals surface area (Å²) in [6.07, 6.45) is 1.09. The van der Waals surface area contributed by atoms with E-state index in [1.807, 2.05) is 11.3 Å². The third-order valence-corrected chi connectivity index (χ3v) is 3.37. The van der Waals surface area contributed by atoms with Crippen LogP contribution in [0.4, 0.5) is 0 Å². The monoisotopic (exact) mass is 197 g/mol. The summed E-state index contributed by atoms with van der Waals surface area (Å²) in [4.78, 5) is 1.47. The number of nitrogens with two attached hydrogens (primary N) is 1. The average Bonchev–Trinajstić information content (AvgIpc) is 2.49. The molecule has 0 amide bonds. The summed E-state index contributed by atoms with van der Waals surface area (Å²) in [5, 5.41) is 2.14. The van der Waals surface area contributed by atoms with Crippen LogP contribution in [0.1, 0.15) is 38.0 Å². The summed E-state index contributed by atoms with van der Waals surface area (Å²) in [6.45, 7) is 7.63. The minimum Gasteiger partial charge on any atom is -0.330 e. The van der Waals surface area contributed by atoms with Gasteiger partial charge in [0, 0.05) is 4.88 Å². The van der Waals surface area contributed by atoms with Crippen LogP contribution in [-0.4, -0.2) is 6.54 Å². The van der Waals surface area contributed by atoms with Gasteiger partial charge in [0.25, 0.3) is 0 Å². The van der Waals surface area contributed by atoms with Crippen molar-refractivity contribution in [1.29, 1.82) is 0 Å². The van der Waals surface area contributed by atoms with Crippen molar-refractivity contribution in [3.8, 4) is 0 Å². The van der Waals surface area contributed by atoms with Crippen LogP contribution in [0.3, 0.4) is 0 Å². The highest BCUT2D eigenvalue weighted by molar-refractivity contribution is 7.10. The van der Waals surface area contributed by atoms with Crippen molar-refractivity contribution in [2.75, 3.05) is 6.54 Å². The summed E-state index contributed by atoms with van der Waals surface area (Å²) in [5.41, 5.74) is 5.96. The van der Waals surface area contributed by atoms with Gasteiger partial charge in [0.2, 0.25) is 0 Å². The predicted molar refractivity (Wildman–Crippen MR) is 60.2 cm³/mol. The smallest absolute Gasteiger partial charge is 0.00818 e. The minimum absolute atomic E-state index is 0.324. The van der Waals surface area contributed by atoms with Crippen molar-refractivity contribution in [2.45, 2.75) is 33.1 Å². The molecule has 0 aliphatic heterocycles. The van der Waals surface area contributed by atoms with E-state index in [9.17, 15) is 0 Å². The Morgan fingerprint density at radius 1 is 1.46 bits per heavy atom. The van der Waals surface area contributed by atoms with E-state index >= 15 is 0 Å². The fourth-order valence-electron chi connectivity index (χ4n) is 1.66. The topological polar surface area (TPSA) is 26.0 Å². The van der Waals surface area contributed by atoms with Gasteiger partial charge >= 0.3 is 0 Å². The Morgan fingerprint density at radius 2 is 2.15 bits per heavy atom. The summed E-state index contributed by atoms with van der Waals surface area (Å²) in [6, 6.07) is 4.34. The molecule has 1 aromatic heterocycles. The molecule has 2 heteroatoms. The van der Waals surface area contributed by atoms with E-state index in [-0.39, 0.29) is 0 Å². The van der Waals surface area contributed by atoms with Crippen LogP contribution in [0.5, 0.6) is 0 Å². The molecule has 13 heavy (non-hydrogen) atoms. The van der Waals surface area contributed by atoms with Gasteiger partial charge in [-0.25, -0.2) is 0 Å². The first kappa shape index (κ1) is 10.7. The largest absolute Gasteiger partial charge is 0.330 e. The van der Waals surface area contributed by atoms with E-state index in [0.717, 1.165) is 13.0 Å². The second-order valence-corrected chi connectivity index (χ2v) is 5.49. The van der Waals surface area contributed by atoms with Gasteiger partial charge in [-0.3, -0.25) is 0 Å². The SMILES string of the molecule is CC(C)(C)C(CCN)c1cccs1. The lowest BCUT2D eigenvalue weighted by atomic mass is 9.78. The highest BCUT2D eigenvalue weighted by Gasteiger charge is 2.25. The molecule has 1 unspecified atom stereocenters. The van der Waals surface area contributed by atoms with Crippen LogP contribution < -0.4 is 5.73 Å². The zero-order valence-corrected chi connectivity index (χ0v) is 9.53. The molecule has 0 aromatic carbocycles. The molecule has 0 aliphatic rings. The van der Waals surface area contributed by atoms with Crippen LogP contribution in [0.15, 0.2) is 17.5 Å². The van der Waals surface area contributed by atoms with Crippen LogP contribution in [-0.2, 0) is 0 Å². The second kappa shape index (κ2) is 4.25. The minimum atomic E-state index is 0.324. The lowest BCUT2D eigenvalue weighted by Gasteiger charge is -2.29. The van der Waals surface area contributed by atoms with Gasteiger partial charge in [0.05, 0.1) is 0 Å². The molecule has 0 saturated carbocycles. The molecule has 1 heterocycles. The maximum atomic E-state index is 5.64. The van der Waals surface area contributed by atoms with E-state index in [0.29, 0.717) is 11.3 Å². The van der Waals surface area contributed by atoms with E-state index < -0.39 is 0 Å². The predicted octanol–water partition coefficient (Wildman–Crippen LogP) is 3.23. The molecule has 1 rings (SSSR count). The maximum Gasteiger partial charge on any atom is 0.00818 e. The molecule has 0 spiro atoms. The zero-order chi connectivity index (χ0) is 9.90. The van der Waals surface area contributed by atoms with E-state index in [2.05, 4.69) is 38.3 Å². The summed E-state index contributed by atoms with van der Waals surface area (Å²) in [7, 11) is 0. The molecule has 0 aliphatic carbocycles. The summed E-state index contributed by atoms with van der Waals surface area (Å²) < 4.78 is 0. The van der Waals surface area contributed by atoms with Gasteiger partial charge in [-0.05, 0) is 35.7 Å². The third-order valence-electron chi connectivity index (χ3n) is 2.39. The van der Waals surface area contributed by atoms with Crippen molar-refractivity contribution in [3.05, 3.63) is 22.4 Å². The highest BCUT2D eigenvalue weighted by Crippen LogP contribution is 2.39. The third kappa shape index (κ3) is 2.82. The Labute approximate surface area is 85.0 Å². The zero-order valence-electron chi connectivity index (χ0n) is 8.71. The molecule has 0 fully saturated rings. The number of hydrogen-bond acceptors (Lipinski definition) is 2. The van der Waals surface area contributed by atoms with Crippen molar-refractivity contribution >= 4 is 11.3 Å². The summed E-state index contributed by atoms with van der Waals surface area (Å²) in [5.74, 6) is 0.609. The fourth-order valence-corrected chi connectivity index (χ4v) is 2.77. The van der Waals surface area contributed by atoms with Gasteiger partial charge in [-0.15, -0.1) is 11.3 Å². The van der Waals surface area contributed by atoms with Gasteiger partial charge in [-0.2, -0.15) is 0 Å². The Balaban J connectivity index is 2.81. The first-order chi connectivity index (χ1) is 6.05. The van der Waals surface area contributed by atoms with E-state index in [1.165, 1.54) is 4.88 Å². The Bertz CT molecular complexity index is 233. The molecule has 2 N–H and O–H groups in total. The Kier molecular flexibility index (Phi) is 3.51. The second-order valence-electron chi connectivity index (χ2n) is 4.51. The van der Waals surface area contributed by atoms with Gasteiger partial charge < -0.3 is 5.73 Å². The van der Waals surface area contributed by atoms with Gasteiger partial charge in [-0.1, -0.05) is 26.8 Å². The first-order valence-corrected chi connectivity index (χ1v) is 5.67. The van der Waals surface area contributed by atoms with Crippen molar-refractivity contribution in [3.63, 3.8) is 0 Å². The van der Waals surface area contributed by atoms with Crippen molar-refractivity contribution < 1.29 is 0 Å². The standard InChI is InChI=1S/C11H19NS/c1-11(2,3)9(6-7-12)10-5-4-8-13-10/h4-5,8-9H,6-7,12H2,1-3H3. The molecule has 0 radical (unpaired) electrons. The average molecular weight is 197 g/mol. The number of rotatable bonds is 3. The Hall–Kier alpha value is -0.340. The van der Waals surface area contributed by atoms with Crippen LogP contribution in [0.25, 0.3) is 0 Å². The molecule has 1 aromatic rings. The van der Waals surface area contributed by atoms with E-state index in [1.54, 1.807) is 0 Å². The molecule has 0 saturated heterocycles. The maximum absolute atomic E-state index is 5.64. The molecule has 0 bridgehead atoms. The van der Waals surface area contributed by atoms with Crippen molar-refractivity contribution in [1.82, 2.24) is 0 Å². The molecular formula is C11H19NS. The molecule has 1 nitrogen and oxygen atoms in total.